The summed E-state index contributed by atoms with van der Waals surface area (Å²) in [6.07, 6.45) is 7.72. The zero-order chi connectivity index (χ0) is 20.3. The predicted octanol–water partition coefficient (Wildman–Crippen LogP) is 4.31. The molecule has 28 heavy (non-hydrogen) atoms. The van der Waals surface area contributed by atoms with Gasteiger partial charge >= 0.3 is 0 Å². The lowest BCUT2D eigenvalue weighted by Crippen LogP contribution is -2.53. The number of alkyl halides is 1. The summed E-state index contributed by atoms with van der Waals surface area (Å²) < 4.78 is 26.3. The van der Waals surface area contributed by atoms with Gasteiger partial charge in [0, 0.05) is 30.5 Å². The highest BCUT2D eigenvalue weighted by molar-refractivity contribution is 9.10. The molecular formula is C21H29BrN2O3S. The summed E-state index contributed by atoms with van der Waals surface area (Å²) >= 11 is 4.00. The molecule has 0 radical (unpaired) electrons. The van der Waals surface area contributed by atoms with Crippen molar-refractivity contribution in [3.8, 4) is 0 Å². The lowest BCUT2D eigenvalue weighted by atomic mass is 9.48. The van der Waals surface area contributed by atoms with Gasteiger partial charge in [-0.1, -0.05) is 22.0 Å². The van der Waals surface area contributed by atoms with Gasteiger partial charge in [0.15, 0.2) is 0 Å². The van der Waals surface area contributed by atoms with Gasteiger partial charge in [-0.3, -0.25) is 4.79 Å². The van der Waals surface area contributed by atoms with Crippen molar-refractivity contribution in [1.82, 2.24) is 4.31 Å². The van der Waals surface area contributed by atoms with Crippen LogP contribution in [0.25, 0.3) is 0 Å². The number of aryl methyl sites for hydroxylation is 1. The number of carbonyl (C=O) groups excluding carboxylic acids is 1. The Hall–Kier alpha value is -0.920. The van der Waals surface area contributed by atoms with Crippen LogP contribution in [-0.4, -0.2) is 37.0 Å². The zero-order valence-electron chi connectivity index (χ0n) is 16.8. The Morgan fingerprint density at radius 3 is 2.43 bits per heavy atom. The number of hydrogen-bond acceptors (Lipinski definition) is 3. The standard InChI is InChI=1S/C21H29BrN2O3S/c1-14-4-5-17(28(26,27)24(2)3)7-18(14)23-19(25)12-20-8-15-6-16(9-20)11-21(22,10-15)13-20/h4-5,7,15-16H,6,8-13H2,1-3H3,(H,23,25)/t15-,16-,20?,21?/m1/s1. The fourth-order valence-electron chi connectivity index (χ4n) is 6.18. The van der Waals surface area contributed by atoms with Gasteiger partial charge < -0.3 is 5.32 Å². The van der Waals surface area contributed by atoms with E-state index in [1.165, 1.54) is 37.7 Å². The Morgan fingerprint density at radius 1 is 1.21 bits per heavy atom. The molecule has 1 amide bonds. The molecule has 1 aromatic carbocycles. The number of hydrogen-bond donors (Lipinski definition) is 1. The third kappa shape index (κ3) is 3.65. The van der Waals surface area contributed by atoms with Crippen LogP contribution in [0.4, 0.5) is 5.69 Å². The first kappa shape index (κ1) is 20.4. The van der Waals surface area contributed by atoms with E-state index in [-0.39, 0.29) is 20.5 Å². The molecule has 0 spiro atoms. The fourth-order valence-corrected chi connectivity index (χ4v) is 8.62. The first-order valence-corrected chi connectivity index (χ1v) is 12.3. The third-order valence-electron chi connectivity index (χ3n) is 6.91. The molecule has 7 heteroatoms. The summed E-state index contributed by atoms with van der Waals surface area (Å²) in [5, 5.41) is 3.01. The van der Waals surface area contributed by atoms with Crippen molar-refractivity contribution in [2.24, 2.45) is 17.3 Å². The second-order valence-electron chi connectivity index (χ2n) is 9.60. The molecule has 4 saturated carbocycles. The summed E-state index contributed by atoms with van der Waals surface area (Å²) in [5.41, 5.74) is 1.55. The van der Waals surface area contributed by atoms with Crippen LogP contribution in [0.5, 0.6) is 0 Å². The molecule has 0 aliphatic heterocycles. The summed E-state index contributed by atoms with van der Waals surface area (Å²) in [5.74, 6) is 1.48. The topological polar surface area (TPSA) is 66.5 Å². The van der Waals surface area contributed by atoms with Crippen LogP contribution >= 0.6 is 15.9 Å². The lowest BCUT2D eigenvalue weighted by molar-refractivity contribution is -0.123. The average Bonchev–Trinajstić information content (AvgIpc) is 2.53. The SMILES string of the molecule is Cc1ccc(S(=O)(=O)N(C)C)cc1NC(=O)CC12C[C@H]3C[C@@H](CC(Br)(C3)C1)C2. The maximum Gasteiger partial charge on any atom is 0.242 e. The fraction of sp³-hybridized carbons (Fsp3) is 0.667. The quantitative estimate of drug-likeness (QED) is 0.654. The number of nitrogens with one attached hydrogen (secondary N) is 1. The molecule has 1 aromatic rings. The molecule has 1 N–H and O–H groups in total. The number of sulfonamides is 1. The van der Waals surface area contributed by atoms with Gasteiger partial charge in [0.25, 0.3) is 0 Å². The normalized spacial score (nSPS) is 34.0. The molecule has 4 aliphatic carbocycles. The van der Waals surface area contributed by atoms with Crippen molar-refractivity contribution in [2.75, 3.05) is 19.4 Å². The lowest BCUT2D eigenvalue weighted by Gasteiger charge is -2.60. The van der Waals surface area contributed by atoms with E-state index in [0.29, 0.717) is 12.1 Å². The molecule has 154 valence electrons. The van der Waals surface area contributed by atoms with Crippen molar-refractivity contribution in [1.29, 1.82) is 0 Å². The van der Waals surface area contributed by atoms with Crippen molar-refractivity contribution < 1.29 is 13.2 Å². The van der Waals surface area contributed by atoms with Crippen molar-refractivity contribution in [2.45, 2.75) is 61.1 Å². The minimum atomic E-state index is -3.53. The smallest absolute Gasteiger partial charge is 0.242 e. The maximum absolute atomic E-state index is 13.0. The van der Waals surface area contributed by atoms with E-state index in [1.54, 1.807) is 18.2 Å². The van der Waals surface area contributed by atoms with Gasteiger partial charge in [0.05, 0.1) is 4.90 Å². The van der Waals surface area contributed by atoms with Crippen LogP contribution in [-0.2, 0) is 14.8 Å². The molecule has 0 saturated heterocycles. The van der Waals surface area contributed by atoms with Gasteiger partial charge in [-0.15, -0.1) is 0 Å². The van der Waals surface area contributed by atoms with Gasteiger partial charge in [0.1, 0.15) is 0 Å². The molecule has 0 aromatic heterocycles. The highest BCUT2D eigenvalue weighted by atomic mass is 79.9. The Bertz CT molecular complexity index is 898. The second-order valence-corrected chi connectivity index (χ2v) is 13.4. The molecule has 0 unspecified atom stereocenters. The van der Waals surface area contributed by atoms with Crippen molar-refractivity contribution >= 4 is 37.5 Å². The largest absolute Gasteiger partial charge is 0.326 e. The number of nitrogens with zero attached hydrogens (tertiary/aromatic N) is 1. The van der Waals surface area contributed by atoms with Gasteiger partial charge in [-0.05, 0) is 80.4 Å². The maximum atomic E-state index is 13.0. The second kappa shape index (κ2) is 6.81. The first-order valence-electron chi connectivity index (χ1n) is 10.0. The highest BCUT2D eigenvalue weighted by Crippen LogP contribution is 2.65. The predicted molar refractivity (Wildman–Crippen MR) is 114 cm³/mol. The summed E-state index contributed by atoms with van der Waals surface area (Å²) in [6, 6.07) is 4.92. The number of carbonyl (C=O) groups is 1. The van der Waals surface area contributed by atoms with Crippen LogP contribution in [0.1, 0.15) is 50.5 Å². The summed E-state index contributed by atoms with van der Waals surface area (Å²) in [4.78, 5) is 13.2. The third-order valence-corrected chi connectivity index (χ3v) is 9.65. The van der Waals surface area contributed by atoms with E-state index in [1.807, 2.05) is 6.92 Å². The average molecular weight is 469 g/mol. The molecule has 4 bridgehead atoms. The van der Waals surface area contributed by atoms with E-state index in [2.05, 4.69) is 21.2 Å². The van der Waals surface area contributed by atoms with Crippen LogP contribution in [0, 0.1) is 24.2 Å². The molecule has 4 aliphatic rings. The van der Waals surface area contributed by atoms with Crippen LogP contribution < -0.4 is 5.32 Å². The van der Waals surface area contributed by atoms with Gasteiger partial charge in [0.2, 0.25) is 15.9 Å². The van der Waals surface area contributed by atoms with Gasteiger partial charge in [-0.25, -0.2) is 12.7 Å². The number of anilines is 1. The number of halogens is 1. The van der Waals surface area contributed by atoms with E-state index in [9.17, 15) is 13.2 Å². The van der Waals surface area contributed by atoms with Gasteiger partial charge in [-0.2, -0.15) is 0 Å². The van der Waals surface area contributed by atoms with E-state index < -0.39 is 10.0 Å². The number of amides is 1. The first-order chi connectivity index (χ1) is 13.0. The van der Waals surface area contributed by atoms with E-state index >= 15 is 0 Å². The van der Waals surface area contributed by atoms with Crippen LogP contribution in [0.3, 0.4) is 0 Å². The molecule has 4 fully saturated rings. The molecule has 2 atom stereocenters. The Balaban J connectivity index is 1.52. The van der Waals surface area contributed by atoms with Crippen LogP contribution in [0.2, 0.25) is 0 Å². The van der Waals surface area contributed by atoms with Crippen LogP contribution in [0.15, 0.2) is 23.1 Å². The zero-order valence-corrected chi connectivity index (χ0v) is 19.2. The minimum Gasteiger partial charge on any atom is -0.326 e. The van der Waals surface area contributed by atoms with Crippen molar-refractivity contribution in [3.63, 3.8) is 0 Å². The molecule has 5 rings (SSSR count). The summed E-state index contributed by atoms with van der Waals surface area (Å²) in [7, 11) is -0.507. The number of benzene rings is 1. The van der Waals surface area contributed by atoms with E-state index in [0.717, 1.165) is 36.7 Å². The van der Waals surface area contributed by atoms with E-state index in [4.69, 9.17) is 0 Å². The highest BCUT2D eigenvalue weighted by Gasteiger charge is 2.57. The molecule has 5 nitrogen and oxygen atoms in total. The Labute approximate surface area is 176 Å². The molecule has 0 heterocycles. The monoisotopic (exact) mass is 468 g/mol. The minimum absolute atomic E-state index is 0.000510. The van der Waals surface area contributed by atoms with Crippen molar-refractivity contribution in [3.05, 3.63) is 23.8 Å². The Morgan fingerprint density at radius 2 is 1.86 bits per heavy atom. The molecular weight excluding hydrogens is 440 g/mol. The Kier molecular flexibility index (Phi) is 4.95. The summed E-state index contributed by atoms with van der Waals surface area (Å²) in [6.45, 7) is 1.89. The number of rotatable bonds is 5.